The SMILES string of the molecule is C=C1C[C@H](CCC)O[C@H](COCc2ccccc2)[C@@H]1OC(=O)N(C(C)C)C(C)C. The van der Waals surface area contributed by atoms with Gasteiger partial charge in [-0.3, -0.25) is 0 Å². The fraction of sp³-hybridized carbons (Fsp3) is 0.625. The number of hydrogen-bond acceptors (Lipinski definition) is 4. The molecule has 1 aliphatic heterocycles. The van der Waals surface area contributed by atoms with Gasteiger partial charge in [-0.25, -0.2) is 4.79 Å². The molecule has 1 aliphatic rings. The maximum Gasteiger partial charge on any atom is 0.410 e. The zero-order valence-corrected chi connectivity index (χ0v) is 18.6. The van der Waals surface area contributed by atoms with Gasteiger partial charge in [-0.1, -0.05) is 50.3 Å². The van der Waals surface area contributed by atoms with Crippen molar-refractivity contribution >= 4 is 6.09 Å². The summed E-state index contributed by atoms with van der Waals surface area (Å²) < 4.78 is 18.1. The quantitative estimate of drug-likeness (QED) is 0.522. The Morgan fingerprint density at radius 1 is 1.21 bits per heavy atom. The molecule has 0 spiro atoms. The third-order valence-corrected chi connectivity index (χ3v) is 5.15. The van der Waals surface area contributed by atoms with E-state index in [9.17, 15) is 4.79 Å². The monoisotopic (exact) mass is 403 g/mol. The summed E-state index contributed by atoms with van der Waals surface area (Å²) >= 11 is 0. The van der Waals surface area contributed by atoms with Crippen LogP contribution in [0.5, 0.6) is 0 Å². The molecule has 0 aliphatic carbocycles. The molecule has 0 saturated carbocycles. The number of nitrogens with zero attached hydrogens (tertiary/aromatic N) is 1. The lowest BCUT2D eigenvalue weighted by Gasteiger charge is -2.39. The normalized spacial score (nSPS) is 22.2. The van der Waals surface area contributed by atoms with Crippen molar-refractivity contribution in [2.45, 2.75) is 90.9 Å². The van der Waals surface area contributed by atoms with Crippen LogP contribution in [0, 0.1) is 0 Å². The molecule has 1 aromatic carbocycles. The van der Waals surface area contributed by atoms with Gasteiger partial charge >= 0.3 is 6.09 Å². The number of rotatable bonds is 9. The summed E-state index contributed by atoms with van der Waals surface area (Å²) in [6, 6.07) is 10.1. The second kappa shape index (κ2) is 11.4. The number of benzene rings is 1. The molecule has 162 valence electrons. The number of carbonyl (C=O) groups excluding carboxylic acids is 1. The maximum absolute atomic E-state index is 12.9. The largest absolute Gasteiger partial charge is 0.439 e. The van der Waals surface area contributed by atoms with E-state index in [0.717, 1.165) is 24.0 Å². The summed E-state index contributed by atoms with van der Waals surface area (Å²) in [6.45, 7) is 15.2. The molecule has 0 aromatic heterocycles. The summed E-state index contributed by atoms with van der Waals surface area (Å²) in [7, 11) is 0. The first-order valence-corrected chi connectivity index (χ1v) is 10.8. The Labute approximate surface area is 176 Å². The zero-order chi connectivity index (χ0) is 21.4. The highest BCUT2D eigenvalue weighted by Crippen LogP contribution is 2.30. The van der Waals surface area contributed by atoms with E-state index >= 15 is 0 Å². The van der Waals surface area contributed by atoms with Gasteiger partial charge in [-0.15, -0.1) is 0 Å². The Kier molecular flexibility index (Phi) is 9.18. The minimum Gasteiger partial charge on any atom is -0.439 e. The third-order valence-electron chi connectivity index (χ3n) is 5.15. The molecule has 0 bridgehead atoms. The Morgan fingerprint density at radius 2 is 1.86 bits per heavy atom. The first-order chi connectivity index (χ1) is 13.8. The fourth-order valence-electron chi connectivity index (χ4n) is 3.87. The molecule has 1 fully saturated rings. The topological polar surface area (TPSA) is 48.0 Å². The standard InChI is InChI=1S/C24H37NO4/c1-7-11-21-14-19(6)23(29-24(26)25(17(2)3)18(4)5)22(28-21)16-27-15-20-12-9-8-10-13-20/h8-10,12-13,17-18,21-23H,6-7,11,14-16H2,1-5H3/t21-,22+,23+/m0/s1. The van der Waals surface area contributed by atoms with Gasteiger partial charge < -0.3 is 19.1 Å². The lowest BCUT2D eigenvalue weighted by molar-refractivity contribution is -0.130. The van der Waals surface area contributed by atoms with E-state index in [-0.39, 0.29) is 30.4 Å². The highest BCUT2D eigenvalue weighted by Gasteiger charge is 2.38. The van der Waals surface area contributed by atoms with E-state index < -0.39 is 6.10 Å². The van der Waals surface area contributed by atoms with E-state index in [4.69, 9.17) is 14.2 Å². The first-order valence-electron chi connectivity index (χ1n) is 10.8. The van der Waals surface area contributed by atoms with Gasteiger partial charge in [0, 0.05) is 12.1 Å². The van der Waals surface area contributed by atoms with E-state index in [1.54, 1.807) is 4.90 Å². The number of hydrogen-bond donors (Lipinski definition) is 0. The van der Waals surface area contributed by atoms with Crippen molar-refractivity contribution in [3.8, 4) is 0 Å². The van der Waals surface area contributed by atoms with E-state index in [1.807, 2.05) is 58.0 Å². The molecule has 2 rings (SSSR count). The fourth-order valence-corrected chi connectivity index (χ4v) is 3.87. The van der Waals surface area contributed by atoms with E-state index in [1.165, 1.54) is 0 Å². The predicted octanol–water partition coefficient (Wildman–Crippen LogP) is 5.34. The van der Waals surface area contributed by atoms with E-state index in [2.05, 4.69) is 13.5 Å². The van der Waals surface area contributed by atoms with Crippen LogP contribution in [-0.4, -0.2) is 48.0 Å². The third kappa shape index (κ3) is 6.86. The Hall–Kier alpha value is -1.85. The highest BCUT2D eigenvalue weighted by atomic mass is 16.6. The minimum atomic E-state index is -0.494. The van der Waals surface area contributed by atoms with Crippen molar-refractivity contribution in [2.24, 2.45) is 0 Å². The van der Waals surface area contributed by atoms with Crippen LogP contribution in [0.15, 0.2) is 42.5 Å². The molecule has 5 heteroatoms. The average Bonchev–Trinajstić information content (AvgIpc) is 2.65. The Balaban J connectivity index is 2.06. The average molecular weight is 404 g/mol. The smallest absolute Gasteiger partial charge is 0.410 e. The highest BCUT2D eigenvalue weighted by molar-refractivity contribution is 5.69. The van der Waals surface area contributed by atoms with Gasteiger partial charge in [-0.2, -0.15) is 0 Å². The molecule has 1 saturated heterocycles. The second-order valence-electron chi connectivity index (χ2n) is 8.35. The van der Waals surface area contributed by atoms with Crippen LogP contribution < -0.4 is 0 Å². The molecule has 0 unspecified atom stereocenters. The van der Waals surface area contributed by atoms with E-state index in [0.29, 0.717) is 19.6 Å². The molecule has 1 heterocycles. The molecule has 1 aromatic rings. The zero-order valence-electron chi connectivity index (χ0n) is 18.6. The Morgan fingerprint density at radius 3 is 2.45 bits per heavy atom. The second-order valence-corrected chi connectivity index (χ2v) is 8.35. The van der Waals surface area contributed by atoms with Crippen LogP contribution in [-0.2, 0) is 20.8 Å². The van der Waals surface area contributed by atoms with Crippen molar-refractivity contribution in [3.05, 3.63) is 48.0 Å². The minimum absolute atomic E-state index is 0.0564. The van der Waals surface area contributed by atoms with Gasteiger partial charge in [0.2, 0.25) is 0 Å². The lowest BCUT2D eigenvalue weighted by atomic mass is 9.94. The lowest BCUT2D eigenvalue weighted by Crippen LogP contribution is -2.49. The molecular weight excluding hydrogens is 366 g/mol. The van der Waals surface area contributed by atoms with Crippen LogP contribution in [0.2, 0.25) is 0 Å². The van der Waals surface area contributed by atoms with Crippen LogP contribution in [0.1, 0.15) is 59.4 Å². The van der Waals surface area contributed by atoms with Crippen molar-refractivity contribution in [2.75, 3.05) is 6.61 Å². The van der Waals surface area contributed by atoms with Gasteiger partial charge in [-0.05, 0) is 51.7 Å². The molecule has 0 N–H and O–H groups in total. The van der Waals surface area contributed by atoms with Gasteiger partial charge in [0.25, 0.3) is 0 Å². The summed E-state index contributed by atoms with van der Waals surface area (Å²) in [5, 5.41) is 0. The van der Waals surface area contributed by atoms with Crippen molar-refractivity contribution in [3.63, 3.8) is 0 Å². The van der Waals surface area contributed by atoms with Crippen molar-refractivity contribution in [1.82, 2.24) is 4.90 Å². The van der Waals surface area contributed by atoms with Crippen molar-refractivity contribution in [1.29, 1.82) is 0 Å². The Bertz CT molecular complexity index is 636. The molecule has 1 amide bonds. The number of carbonyl (C=O) groups is 1. The van der Waals surface area contributed by atoms with Gasteiger partial charge in [0.05, 0.1) is 19.3 Å². The van der Waals surface area contributed by atoms with Crippen LogP contribution in [0.3, 0.4) is 0 Å². The summed E-state index contributed by atoms with van der Waals surface area (Å²) in [6.07, 6.45) is 1.64. The predicted molar refractivity (Wildman–Crippen MR) is 116 cm³/mol. The molecule has 5 nitrogen and oxygen atoms in total. The summed E-state index contributed by atoms with van der Waals surface area (Å²) in [5.41, 5.74) is 2.01. The number of amides is 1. The molecular formula is C24H37NO4. The van der Waals surface area contributed by atoms with Crippen LogP contribution in [0.4, 0.5) is 4.79 Å². The maximum atomic E-state index is 12.9. The summed E-state index contributed by atoms with van der Waals surface area (Å²) in [5.74, 6) is 0. The van der Waals surface area contributed by atoms with Crippen LogP contribution in [0.25, 0.3) is 0 Å². The molecule has 0 radical (unpaired) electrons. The van der Waals surface area contributed by atoms with Gasteiger partial charge in [0.15, 0.2) is 6.10 Å². The van der Waals surface area contributed by atoms with Gasteiger partial charge in [0.1, 0.15) is 6.10 Å². The number of ether oxygens (including phenoxy) is 3. The molecule has 3 atom stereocenters. The summed E-state index contributed by atoms with van der Waals surface area (Å²) in [4.78, 5) is 14.6. The molecule has 29 heavy (non-hydrogen) atoms. The first kappa shape index (κ1) is 23.4. The van der Waals surface area contributed by atoms with Crippen LogP contribution >= 0.6 is 0 Å². The van der Waals surface area contributed by atoms with Crippen molar-refractivity contribution < 1.29 is 19.0 Å².